The third-order valence-electron chi connectivity index (χ3n) is 3.81. The summed E-state index contributed by atoms with van der Waals surface area (Å²) in [6, 6.07) is 3.92. The molecule has 0 radical (unpaired) electrons. The summed E-state index contributed by atoms with van der Waals surface area (Å²) < 4.78 is 5.24. The van der Waals surface area contributed by atoms with E-state index in [1.807, 2.05) is 12.1 Å². The van der Waals surface area contributed by atoms with Crippen molar-refractivity contribution in [3.05, 3.63) is 23.9 Å². The zero-order valence-electron chi connectivity index (χ0n) is 11.0. The molecule has 0 amide bonds. The van der Waals surface area contributed by atoms with Gasteiger partial charge in [-0.2, -0.15) is 0 Å². The molecule has 0 saturated heterocycles. The fourth-order valence-electron chi connectivity index (χ4n) is 2.64. The number of aliphatic hydroxyl groups excluding tert-OH is 1. The topological polar surface area (TPSA) is 54.4 Å². The van der Waals surface area contributed by atoms with Crippen molar-refractivity contribution in [2.24, 2.45) is 0 Å². The van der Waals surface area contributed by atoms with Crippen molar-refractivity contribution in [3.8, 4) is 5.88 Å². The minimum absolute atomic E-state index is 0.112. The SMILES string of the molecule is COc1ncccc1CNC1(CO)CCCCC1. The van der Waals surface area contributed by atoms with Gasteiger partial charge in [0.05, 0.1) is 13.7 Å². The lowest BCUT2D eigenvalue weighted by Crippen LogP contribution is -2.49. The predicted molar refractivity (Wildman–Crippen MR) is 70.5 cm³/mol. The zero-order valence-corrected chi connectivity index (χ0v) is 11.0. The van der Waals surface area contributed by atoms with Gasteiger partial charge in [0, 0.05) is 23.8 Å². The van der Waals surface area contributed by atoms with Crippen molar-refractivity contribution in [3.63, 3.8) is 0 Å². The van der Waals surface area contributed by atoms with Crippen LogP contribution in [0.3, 0.4) is 0 Å². The van der Waals surface area contributed by atoms with Crippen LogP contribution in [0.25, 0.3) is 0 Å². The Morgan fingerprint density at radius 1 is 1.39 bits per heavy atom. The summed E-state index contributed by atoms with van der Waals surface area (Å²) in [6.07, 6.45) is 7.48. The number of hydrogen-bond donors (Lipinski definition) is 2. The highest BCUT2D eigenvalue weighted by Gasteiger charge is 2.30. The van der Waals surface area contributed by atoms with Crippen LogP contribution in [-0.2, 0) is 6.54 Å². The van der Waals surface area contributed by atoms with Crippen LogP contribution in [-0.4, -0.2) is 29.3 Å². The van der Waals surface area contributed by atoms with Gasteiger partial charge >= 0.3 is 0 Å². The maximum absolute atomic E-state index is 9.64. The largest absolute Gasteiger partial charge is 0.481 e. The Kier molecular flexibility index (Phi) is 4.55. The molecule has 4 nitrogen and oxygen atoms in total. The van der Waals surface area contributed by atoms with E-state index in [4.69, 9.17) is 4.74 Å². The van der Waals surface area contributed by atoms with Crippen LogP contribution in [0.15, 0.2) is 18.3 Å². The van der Waals surface area contributed by atoms with E-state index in [1.54, 1.807) is 13.3 Å². The second kappa shape index (κ2) is 6.16. The van der Waals surface area contributed by atoms with Gasteiger partial charge in [-0.15, -0.1) is 0 Å². The number of rotatable bonds is 5. The lowest BCUT2D eigenvalue weighted by Gasteiger charge is -2.36. The molecule has 1 saturated carbocycles. The monoisotopic (exact) mass is 250 g/mol. The van der Waals surface area contributed by atoms with E-state index in [9.17, 15) is 5.11 Å². The average molecular weight is 250 g/mol. The molecule has 18 heavy (non-hydrogen) atoms. The quantitative estimate of drug-likeness (QED) is 0.837. The van der Waals surface area contributed by atoms with E-state index in [1.165, 1.54) is 19.3 Å². The Balaban J connectivity index is 2.01. The number of hydrogen-bond acceptors (Lipinski definition) is 4. The molecule has 2 N–H and O–H groups in total. The van der Waals surface area contributed by atoms with Gasteiger partial charge in [0.15, 0.2) is 0 Å². The van der Waals surface area contributed by atoms with Crippen LogP contribution >= 0.6 is 0 Å². The first-order valence-corrected chi connectivity index (χ1v) is 6.63. The van der Waals surface area contributed by atoms with Crippen LogP contribution in [0.4, 0.5) is 0 Å². The second-order valence-corrected chi connectivity index (χ2v) is 5.02. The molecule has 100 valence electrons. The molecule has 2 rings (SSSR count). The van der Waals surface area contributed by atoms with Crippen LogP contribution in [0.1, 0.15) is 37.7 Å². The molecule has 1 aromatic heterocycles. The molecule has 1 fully saturated rings. The predicted octanol–water partition coefficient (Wildman–Crippen LogP) is 1.87. The summed E-state index contributed by atoms with van der Waals surface area (Å²) in [5.41, 5.74) is 0.928. The number of aliphatic hydroxyl groups is 1. The molecule has 4 heteroatoms. The third-order valence-corrected chi connectivity index (χ3v) is 3.81. The van der Waals surface area contributed by atoms with Gasteiger partial charge in [0.25, 0.3) is 0 Å². The number of nitrogens with zero attached hydrogens (tertiary/aromatic N) is 1. The zero-order chi connectivity index (χ0) is 12.8. The molecule has 0 atom stereocenters. The number of aromatic nitrogens is 1. The lowest BCUT2D eigenvalue weighted by atomic mass is 9.82. The number of methoxy groups -OCH3 is 1. The highest BCUT2D eigenvalue weighted by Crippen LogP contribution is 2.28. The maximum atomic E-state index is 9.64. The summed E-state index contributed by atoms with van der Waals surface area (Å²) in [5.74, 6) is 0.661. The van der Waals surface area contributed by atoms with Crippen molar-refractivity contribution < 1.29 is 9.84 Å². The molecule has 0 aromatic carbocycles. The first-order chi connectivity index (χ1) is 8.79. The van der Waals surface area contributed by atoms with E-state index in [0.29, 0.717) is 12.4 Å². The van der Waals surface area contributed by atoms with Gasteiger partial charge < -0.3 is 15.2 Å². The normalized spacial score (nSPS) is 18.6. The maximum Gasteiger partial charge on any atom is 0.217 e. The smallest absolute Gasteiger partial charge is 0.217 e. The Morgan fingerprint density at radius 2 is 2.17 bits per heavy atom. The van der Waals surface area contributed by atoms with E-state index < -0.39 is 0 Å². The Morgan fingerprint density at radius 3 is 2.83 bits per heavy atom. The molecule has 0 aliphatic heterocycles. The summed E-state index contributed by atoms with van der Waals surface area (Å²) in [4.78, 5) is 4.18. The Labute approximate surface area is 108 Å². The van der Waals surface area contributed by atoms with Crippen LogP contribution in [0, 0.1) is 0 Å². The van der Waals surface area contributed by atoms with E-state index in [0.717, 1.165) is 18.4 Å². The molecule has 0 bridgehead atoms. The van der Waals surface area contributed by atoms with Crippen molar-refractivity contribution in [1.29, 1.82) is 0 Å². The summed E-state index contributed by atoms with van der Waals surface area (Å²) in [5, 5.41) is 13.1. The van der Waals surface area contributed by atoms with Gasteiger partial charge in [-0.3, -0.25) is 0 Å². The van der Waals surface area contributed by atoms with Crippen LogP contribution < -0.4 is 10.1 Å². The Hall–Kier alpha value is -1.13. The molecule has 1 heterocycles. The lowest BCUT2D eigenvalue weighted by molar-refractivity contribution is 0.119. The van der Waals surface area contributed by atoms with Crippen molar-refractivity contribution in [2.75, 3.05) is 13.7 Å². The highest BCUT2D eigenvalue weighted by molar-refractivity contribution is 5.25. The minimum Gasteiger partial charge on any atom is -0.481 e. The minimum atomic E-state index is -0.112. The molecule has 1 aromatic rings. The number of nitrogens with one attached hydrogen (secondary N) is 1. The summed E-state index contributed by atoms with van der Waals surface area (Å²) in [7, 11) is 1.63. The van der Waals surface area contributed by atoms with Crippen LogP contribution in [0.2, 0.25) is 0 Å². The number of pyridine rings is 1. The van der Waals surface area contributed by atoms with Gasteiger partial charge in [-0.05, 0) is 18.9 Å². The average Bonchev–Trinajstić information content (AvgIpc) is 2.46. The van der Waals surface area contributed by atoms with Crippen molar-refractivity contribution in [1.82, 2.24) is 10.3 Å². The highest BCUT2D eigenvalue weighted by atomic mass is 16.5. The first-order valence-electron chi connectivity index (χ1n) is 6.63. The first kappa shape index (κ1) is 13.3. The fraction of sp³-hybridized carbons (Fsp3) is 0.643. The van der Waals surface area contributed by atoms with Gasteiger partial charge in [-0.25, -0.2) is 4.98 Å². The number of ether oxygens (including phenoxy) is 1. The van der Waals surface area contributed by atoms with Gasteiger partial charge in [0.1, 0.15) is 0 Å². The summed E-state index contributed by atoms with van der Waals surface area (Å²) in [6.45, 7) is 0.896. The van der Waals surface area contributed by atoms with E-state index in [-0.39, 0.29) is 12.1 Å². The van der Waals surface area contributed by atoms with E-state index >= 15 is 0 Å². The van der Waals surface area contributed by atoms with Gasteiger partial charge in [0.2, 0.25) is 5.88 Å². The molecular weight excluding hydrogens is 228 g/mol. The molecule has 1 aliphatic carbocycles. The third kappa shape index (κ3) is 3.00. The van der Waals surface area contributed by atoms with Crippen molar-refractivity contribution >= 4 is 0 Å². The van der Waals surface area contributed by atoms with Crippen LogP contribution in [0.5, 0.6) is 5.88 Å². The standard InChI is InChI=1S/C14H22N2O2/c1-18-13-12(6-5-9-15-13)10-16-14(11-17)7-3-2-4-8-14/h5-6,9,16-17H,2-4,7-8,10-11H2,1H3. The summed E-state index contributed by atoms with van der Waals surface area (Å²) >= 11 is 0. The second-order valence-electron chi connectivity index (χ2n) is 5.02. The Bertz CT molecular complexity index is 376. The van der Waals surface area contributed by atoms with Crippen molar-refractivity contribution in [2.45, 2.75) is 44.2 Å². The fourth-order valence-corrected chi connectivity index (χ4v) is 2.64. The molecule has 0 unspecified atom stereocenters. The molecule has 1 aliphatic rings. The molecule has 0 spiro atoms. The van der Waals surface area contributed by atoms with Gasteiger partial charge in [-0.1, -0.05) is 25.3 Å². The van der Waals surface area contributed by atoms with E-state index in [2.05, 4.69) is 10.3 Å². The molecular formula is C14H22N2O2.